The molecule has 0 aromatic heterocycles. The Morgan fingerprint density at radius 1 is 1.20 bits per heavy atom. The summed E-state index contributed by atoms with van der Waals surface area (Å²) in [5.74, 6) is -0.250. The van der Waals surface area contributed by atoms with Crippen molar-refractivity contribution in [1.82, 2.24) is 0 Å². The fraction of sp³-hybridized carbons (Fsp3) is 0.0625. The Morgan fingerprint density at radius 3 is 2.55 bits per heavy atom. The van der Waals surface area contributed by atoms with Crippen LogP contribution in [-0.2, 0) is 0 Å². The molecule has 2 aromatic rings. The van der Waals surface area contributed by atoms with Crippen LogP contribution in [0, 0.1) is 5.82 Å². The Balaban J connectivity index is 2.22. The number of rotatable bonds is 4. The average Bonchev–Trinajstić information content (AvgIpc) is 2.46. The second-order valence-corrected chi connectivity index (χ2v) is 4.13. The number of phenolic OH excluding ortho intramolecular Hbond substituents is 1. The van der Waals surface area contributed by atoms with Gasteiger partial charge in [0.25, 0.3) is 0 Å². The summed E-state index contributed by atoms with van der Waals surface area (Å²) < 4.78 is 17.8. The Morgan fingerprint density at radius 2 is 1.90 bits per heavy atom. The minimum Gasteiger partial charge on any atom is -0.508 e. The Bertz CT molecular complexity index is 645. The van der Waals surface area contributed by atoms with Crippen LogP contribution in [0.25, 0.3) is 6.08 Å². The molecule has 0 unspecified atom stereocenters. The zero-order valence-corrected chi connectivity index (χ0v) is 10.8. The van der Waals surface area contributed by atoms with Gasteiger partial charge in [-0.3, -0.25) is 4.79 Å². The molecule has 3 nitrogen and oxygen atoms in total. The number of ether oxygens (including phenoxy) is 1. The van der Waals surface area contributed by atoms with E-state index in [1.165, 1.54) is 43.5 Å². The van der Waals surface area contributed by atoms with Crippen LogP contribution in [-0.4, -0.2) is 18.0 Å². The van der Waals surface area contributed by atoms with E-state index < -0.39 is 0 Å². The summed E-state index contributed by atoms with van der Waals surface area (Å²) in [5, 5.41) is 9.34. The summed E-state index contributed by atoms with van der Waals surface area (Å²) in [7, 11) is 1.43. The fourth-order valence-corrected chi connectivity index (χ4v) is 1.72. The van der Waals surface area contributed by atoms with Crippen LogP contribution < -0.4 is 4.74 Å². The van der Waals surface area contributed by atoms with Crippen molar-refractivity contribution in [3.8, 4) is 11.5 Å². The van der Waals surface area contributed by atoms with E-state index in [9.17, 15) is 14.3 Å². The predicted octanol–water partition coefficient (Wildman–Crippen LogP) is 3.44. The molecule has 102 valence electrons. The molecule has 0 atom stereocenters. The summed E-state index contributed by atoms with van der Waals surface area (Å²) >= 11 is 0. The molecule has 0 fully saturated rings. The lowest BCUT2D eigenvalue weighted by Gasteiger charge is -2.05. The van der Waals surface area contributed by atoms with Crippen LogP contribution in [0.3, 0.4) is 0 Å². The summed E-state index contributed by atoms with van der Waals surface area (Å²) in [6.07, 6.45) is 2.97. The monoisotopic (exact) mass is 272 g/mol. The van der Waals surface area contributed by atoms with E-state index in [1.807, 2.05) is 0 Å². The van der Waals surface area contributed by atoms with E-state index in [2.05, 4.69) is 0 Å². The van der Waals surface area contributed by atoms with Crippen LogP contribution in [0.1, 0.15) is 15.9 Å². The number of hydrogen-bond donors (Lipinski definition) is 1. The molecule has 0 radical (unpaired) electrons. The number of carbonyl (C=O) groups excluding carboxylic acids is 1. The highest BCUT2D eigenvalue weighted by Gasteiger charge is 2.10. The van der Waals surface area contributed by atoms with E-state index in [0.717, 1.165) is 5.56 Å². The Labute approximate surface area is 115 Å². The quantitative estimate of drug-likeness (QED) is 0.685. The third-order valence-electron chi connectivity index (χ3n) is 2.75. The normalized spacial score (nSPS) is 10.7. The number of allylic oxidation sites excluding steroid dienone is 1. The van der Waals surface area contributed by atoms with E-state index in [-0.39, 0.29) is 17.3 Å². The molecule has 0 aliphatic rings. The van der Waals surface area contributed by atoms with Gasteiger partial charge in [-0.05, 0) is 35.9 Å². The highest BCUT2D eigenvalue weighted by Crippen LogP contribution is 2.24. The number of carbonyl (C=O) groups is 1. The zero-order chi connectivity index (χ0) is 14.5. The molecule has 1 N–H and O–H groups in total. The van der Waals surface area contributed by atoms with Crippen LogP contribution >= 0.6 is 0 Å². The van der Waals surface area contributed by atoms with Crippen LogP contribution in [0.4, 0.5) is 4.39 Å². The molecule has 0 saturated carbocycles. The first kappa shape index (κ1) is 13.8. The third kappa shape index (κ3) is 3.23. The molecule has 4 heteroatoms. The molecular formula is C16H13FO3. The topological polar surface area (TPSA) is 46.5 Å². The van der Waals surface area contributed by atoms with Gasteiger partial charge >= 0.3 is 0 Å². The summed E-state index contributed by atoms with van der Waals surface area (Å²) in [5.41, 5.74) is 1.07. The first-order valence-electron chi connectivity index (χ1n) is 5.95. The lowest BCUT2D eigenvalue weighted by molar-refractivity contribution is 0.104. The van der Waals surface area contributed by atoms with Crippen molar-refractivity contribution in [2.45, 2.75) is 0 Å². The van der Waals surface area contributed by atoms with Gasteiger partial charge in [0.1, 0.15) is 17.3 Å². The van der Waals surface area contributed by atoms with Gasteiger partial charge in [-0.1, -0.05) is 18.2 Å². The van der Waals surface area contributed by atoms with Gasteiger partial charge < -0.3 is 9.84 Å². The van der Waals surface area contributed by atoms with Gasteiger partial charge in [-0.2, -0.15) is 0 Å². The van der Waals surface area contributed by atoms with Crippen molar-refractivity contribution in [1.29, 1.82) is 0 Å². The first-order valence-corrected chi connectivity index (χ1v) is 5.95. The number of halogens is 1. The molecule has 20 heavy (non-hydrogen) atoms. The second-order valence-electron chi connectivity index (χ2n) is 4.13. The fourth-order valence-electron chi connectivity index (χ4n) is 1.72. The molecule has 0 amide bonds. The molecule has 2 aromatic carbocycles. The lowest BCUT2D eigenvalue weighted by Crippen LogP contribution is -1.98. The minimum atomic E-state index is -0.325. The van der Waals surface area contributed by atoms with Crippen molar-refractivity contribution in [3.63, 3.8) is 0 Å². The van der Waals surface area contributed by atoms with Crippen molar-refractivity contribution < 1.29 is 19.0 Å². The number of ketones is 1. The summed E-state index contributed by atoms with van der Waals surface area (Å²) in [6.45, 7) is 0. The number of phenols is 1. The van der Waals surface area contributed by atoms with Crippen molar-refractivity contribution in [2.75, 3.05) is 7.11 Å². The van der Waals surface area contributed by atoms with Crippen LogP contribution in [0.15, 0.2) is 48.5 Å². The van der Waals surface area contributed by atoms with Gasteiger partial charge in [0.05, 0.1) is 12.7 Å². The largest absolute Gasteiger partial charge is 0.508 e. The molecular weight excluding hydrogens is 259 g/mol. The second kappa shape index (κ2) is 6.02. The maximum absolute atomic E-state index is 12.8. The van der Waals surface area contributed by atoms with E-state index in [1.54, 1.807) is 18.2 Å². The predicted molar refractivity (Wildman–Crippen MR) is 74.4 cm³/mol. The molecule has 0 aliphatic carbocycles. The van der Waals surface area contributed by atoms with Crippen molar-refractivity contribution in [2.24, 2.45) is 0 Å². The molecule has 0 saturated heterocycles. The minimum absolute atomic E-state index is 0.0286. The van der Waals surface area contributed by atoms with Crippen molar-refractivity contribution >= 4 is 11.9 Å². The van der Waals surface area contributed by atoms with E-state index >= 15 is 0 Å². The summed E-state index contributed by atoms with van der Waals surface area (Å²) in [6, 6.07) is 10.1. The number of methoxy groups -OCH3 is 1. The summed E-state index contributed by atoms with van der Waals surface area (Å²) in [4.78, 5) is 12.1. The Hall–Kier alpha value is -2.62. The highest BCUT2D eigenvalue weighted by atomic mass is 19.1. The average molecular weight is 272 g/mol. The first-order chi connectivity index (χ1) is 9.60. The SMILES string of the molecule is COc1cc(O)ccc1C(=O)/C=C/c1ccc(F)cc1. The van der Waals surface area contributed by atoms with Gasteiger partial charge in [-0.15, -0.1) is 0 Å². The maximum Gasteiger partial charge on any atom is 0.189 e. The van der Waals surface area contributed by atoms with Gasteiger partial charge in [-0.25, -0.2) is 4.39 Å². The standard InChI is InChI=1S/C16H13FO3/c1-20-16-10-13(18)7-8-14(16)15(19)9-4-11-2-5-12(17)6-3-11/h2-10,18H,1H3/b9-4+. The molecule has 0 heterocycles. The molecule has 0 aliphatic heterocycles. The third-order valence-corrected chi connectivity index (χ3v) is 2.75. The smallest absolute Gasteiger partial charge is 0.189 e. The van der Waals surface area contributed by atoms with Crippen molar-refractivity contribution in [3.05, 3.63) is 65.5 Å². The zero-order valence-electron chi connectivity index (χ0n) is 10.8. The van der Waals surface area contributed by atoms with E-state index in [4.69, 9.17) is 4.74 Å². The number of aromatic hydroxyl groups is 1. The molecule has 0 spiro atoms. The maximum atomic E-state index is 12.8. The lowest BCUT2D eigenvalue weighted by atomic mass is 10.1. The van der Waals surface area contributed by atoms with Gasteiger partial charge in [0, 0.05) is 6.07 Å². The molecule has 0 bridgehead atoms. The van der Waals surface area contributed by atoms with Crippen LogP contribution in [0.5, 0.6) is 11.5 Å². The van der Waals surface area contributed by atoms with Crippen LogP contribution in [0.2, 0.25) is 0 Å². The highest BCUT2D eigenvalue weighted by molar-refractivity contribution is 6.08. The van der Waals surface area contributed by atoms with E-state index in [0.29, 0.717) is 11.3 Å². The Kier molecular flexibility index (Phi) is 4.15. The van der Waals surface area contributed by atoms with Gasteiger partial charge in [0.15, 0.2) is 5.78 Å². The van der Waals surface area contributed by atoms with Gasteiger partial charge in [0.2, 0.25) is 0 Å². The number of hydrogen-bond acceptors (Lipinski definition) is 3. The number of benzene rings is 2. The molecule has 2 rings (SSSR count).